The summed E-state index contributed by atoms with van der Waals surface area (Å²) in [7, 11) is 3.09. The number of ether oxygens (including phenoxy) is 1. The van der Waals surface area contributed by atoms with Crippen LogP contribution in [0.4, 0.5) is 4.79 Å². The lowest BCUT2D eigenvalue weighted by atomic mass is 10.1. The molecule has 2 amide bonds. The Morgan fingerprint density at radius 2 is 2.35 bits per heavy atom. The highest BCUT2D eigenvalue weighted by atomic mass is 16.5. The summed E-state index contributed by atoms with van der Waals surface area (Å²) in [6.07, 6.45) is 2.20. The van der Waals surface area contributed by atoms with Gasteiger partial charge in [-0.3, -0.25) is 5.10 Å². The Labute approximate surface area is 116 Å². The van der Waals surface area contributed by atoms with E-state index in [0.717, 1.165) is 0 Å². The van der Waals surface area contributed by atoms with Gasteiger partial charge >= 0.3 is 12.0 Å². The summed E-state index contributed by atoms with van der Waals surface area (Å²) in [5.74, 6) is -0.545. The van der Waals surface area contributed by atoms with Gasteiger partial charge < -0.3 is 20.1 Å². The third-order valence-electron chi connectivity index (χ3n) is 2.64. The number of carboxylic acid groups (broad SMARTS) is 1. The second-order valence-electron chi connectivity index (χ2n) is 4.26. The van der Waals surface area contributed by atoms with Gasteiger partial charge in [-0.15, -0.1) is 0 Å². The zero-order valence-electron chi connectivity index (χ0n) is 11.5. The Morgan fingerprint density at radius 3 is 2.90 bits per heavy atom. The van der Waals surface area contributed by atoms with Gasteiger partial charge in [0, 0.05) is 20.8 Å². The number of hydrogen-bond acceptors (Lipinski definition) is 5. The number of amides is 2. The summed E-state index contributed by atoms with van der Waals surface area (Å²) in [6.45, 7) is 0.670. The minimum absolute atomic E-state index is 0.218. The average molecular weight is 285 g/mol. The smallest absolute Gasteiger partial charge is 0.326 e. The summed E-state index contributed by atoms with van der Waals surface area (Å²) in [6, 6.07) is -1.42. The molecular weight excluding hydrogens is 266 g/mol. The summed E-state index contributed by atoms with van der Waals surface area (Å²) in [5, 5.41) is 17.8. The van der Waals surface area contributed by atoms with E-state index in [9.17, 15) is 9.59 Å². The summed E-state index contributed by atoms with van der Waals surface area (Å²) >= 11 is 0. The maximum atomic E-state index is 11.9. The second-order valence-corrected chi connectivity index (χ2v) is 4.26. The molecule has 0 aliphatic rings. The first-order valence-corrected chi connectivity index (χ1v) is 6.12. The van der Waals surface area contributed by atoms with E-state index in [0.29, 0.717) is 25.3 Å². The van der Waals surface area contributed by atoms with Gasteiger partial charge in [-0.25, -0.2) is 14.6 Å². The van der Waals surface area contributed by atoms with Crippen molar-refractivity contribution in [3.63, 3.8) is 0 Å². The molecular formula is C11H19N5O4. The summed E-state index contributed by atoms with van der Waals surface area (Å²) in [5.41, 5.74) is 0. The number of hydrogen-bond donors (Lipinski definition) is 3. The fourth-order valence-electron chi connectivity index (χ4n) is 1.55. The van der Waals surface area contributed by atoms with E-state index in [1.165, 1.54) is 11.2 Å². The van der Waals surface area contributed by atoms with Crippen molar-refractivity contribution in [2.75, 3.05) is 20.8 Å². The molecule has 9 heteroatoms. The van der Waals surface area contributed by atoms with Crippen molar-refractivity contribution < 1.29 is 19.4 Å². The number of carbonyl (C=O) groups is 2. The van der Waals surface area contributed by atoms with Crippen LogP contribution in [0.25, 0.3) is 0 Å². The molecule has 0 aromatic carbocycles. The van der Waals surface area contributed by atoms with Crippen LogP contribution >= 0.6 is 0 Å². The molecule has 0 spiro atoms. The van der Waals surface area contributed by atoms with Crippen molar-refractivity contribution in [1.29, 1.82) is 0 Å². The Hall–Kier alpha value is -2.16. The molecule has 0 saturated heterocycles. The zero-order chi connectivity index (χ0) is 15.0. The van der Waals surface area contributed by atoms with Crippen LogP contribution in [0.2, 0.25) is 0 Å². The minimum atomic E-state index is -1.07. The van der Waals surface area contributed by atoms with E-state index >= 15 is 0 Å². The molecule has 1 unspecified atom stereocenters. The van der Waals surface area contributed by atoms with Crippen LogP contribution in [-0.4, -0.2) is 64.0 Å². The Balaban J connectivity index is 2.45. The normalized spacial score (nSPS) is 11.9. The van der Waals surface area contributed by atoms with Gasteiger partial charge in [0.25, 0.3) is 0 Å². The number of aliphatic carboxylic acids is 1. The number of rotatable bonds is 8. The number of carbonyl (C=O) groups excluding carboxylic acids is 1. The van der Waals surface area contributed by atoms with Crippen LogP contribution < -0.4 is 5.32 Å². The van der Waals surface area contributed by atoms with Crippen molar-refractivity contribution in [3.8, 4) is 0 Å². The van der Waals surface area contributed by atoms with Crippen molar-refractivity contribution in [3.05, 3.63) is 12.2 Å². The van der Waals surface area contributed by atoms with E-state index in [4.69, 9.17) is 9.84 Å². The minimum Gasteiger partial charge on any atom is -0.480 e. The number of carboxylic acids is 1. The largest absolute Gasteiger partial charge is 0.480 e. The molecule has 1 aromatic heterocycles. The third-order valence-corrected chi connectivity index (χ3v) is 2.64. The highest BCUT2D eigenvalue weighted by Crippen LogP contribution is 2.01. The quantitative estimate of drug-likeness (QED) is 0.570. The number of nitrogens with one attached hydrogen (secondary N) is 2. The van der Waals surface area contributed by atoms with Crippen LogP contribution in [0.1, 0.15) is 18.7 Å². The summed E-state index contributed by atoms with van der Waals surface area (Å²) < 4.78 is 4.86. The molecule has 1 rings (SSSR count). The summed E-state index contributed by atoms with van der Waals surface area (Å²) in [4.78, 5) is 28.2. The molecule has 1 atom stereocenters. The van der Waals surface area contributed by atoms with Crippen LogP contribution in [-0.2, 0) is 16.1 Å². The Kier molecular flexibility index (Phi) is 6.44. The fourth-order valence-corrected chi connectivity index (χ4v) is 1.55. The third kappa shape index (κ3) is 5.22. The van der Waals surface area contributed by atoms with Crippen LogP contribution in [0.5, 0.6) is 0 Å². The number of aromatic amines is 1. The number of nitrogens with zero attached hydrogens (tertiary/aromatic N) is 3. The topological polar surface area (TPSA) is 120 Å². The standard InChI is InChI=1S/C11H19N5O4/c1-16(6-9-12-7-13-15-9)11(19)14-8(10(17)18)4-3-5-20-2/h7-8H,3-6H2,1-2H3,(H,14,19)(H,17,18)(H,12,13,15). The van der Waals surface area contributed by atoms with Gasteiger partial charge in [-0.2, -0.15) is 5.10 Å². The monoisotopic (exact) mass is 285 g/mol. The number of H-pyrrole nitrogens is 1. The maximum absolute atomic E-state index is 11.9. The first-order chi connectivity index (χ1) is 9.54. The molecule has 3 N–H and O–H groups in total. The van der Waals surface area contributed by atoms with E-state index in [1.807, 2.05) is 0 Å². The maximum Gasteiger partial charge on any atom is 0.326 e. The molecule has 0 radical (unpaired) electrons. The van der Waals surface area contributed by atoms with Crippen molar-refractivity contribution >= 4 is 12.0 Å². The van der Waals surface area contributed by atoms with Gasteiger partial charge in [0.15, 0.2) is 0 Å². The van der Waals surface area contributed by atoms with Gasteiger partial charge in [0.1, 0.15) is 18.2 Å². The van der Waals surface area contributed by atoms with E-state index in [1.54, 1.807) is 14.2 Å². The molecule has 9 nitrogen and oxygen atoms in total. The van der Waals surface area contributed by atoms with Gasteiger partial charge in [0.2, 0.25) is 0 Å². The van der Waals surface area contributed by atoms with Crippen LogP contribution in [0.3, 0.4) is 0 Å². The number of urea groups is 1. The van der Waals surface area contributed by atoms with Gasteiger partial charge in [-0.1, -0.05) is 0 Å². The van der Waals surface area contributed by atoms with Crippen molar-refractivity contribution in [1.82, 2.24) is 25.4 Å². The molecule has 1 heterocycles. The highest BCUT2D eigenvalue weighted by molar-refractivity contribution is 5.82. The Morgan fingerprint density at radius 1 is 1.60 bits per heavy atom. The molecule has 0 aliphatic heterocycles. The van der Waals surface area contributed by atoms with Crippen molar-refractivity contribution in [2.24, 2.45) is 0 Å². The van der Waals surface area contributed by atoms with Crippen molar-refractivity contribution in [2.45, 2.75) is 25.4 Å². The van der Waals surface area contributed by atoms with Crippen LogP contribution in [0, 0.1) is 0 Å². The Bertz CT molecular complexity index is 422. The number of aromatic nitrogens is 3. The molecule has 112 valence electrons. The SMILES string of the molecule is COCCCC(NC(=O)N(C)Cc1ncn[nH]1)C(=O)O. The average Bonchev–Trinajstić information content (AvgIpc) is 2.90. The van der Waals surface area contributed by atoms with Crippen LogP contribution in [0.15, 0.2) is 6.33 Å². The van der Waals surface area contributed by atoms with E-state index in [-0.39, 0.29) is 6.54 Å². The molecule has 0 fully saturated rings. The highest BCUT2D eigenvalue weighted by Gasteiger charge is 2.21. The second kappa shape index (κ2) is 8.10. The van der Waals surface area contributed by atoms with E-state index in [2.05, 4.69) is 20.5 Å². The lowest BCUT2D eigenvalue weighted by molar-refractivity contribution is -0.139. The number of methoxy groups -OCH3 is 1. The van der Waals surface area contributed by atoms with Gasteiger partial charge in [-0.05, 0) is 12.8 Å². The lowest BCUT2D eigenvalue weighted by Crippen LogP contribution is -2.46. The predicted octanol–water partition coefficient (Wildman–Crippen LogP) is -0.174. The molecule has 0 aliphatic carbocycles. The first kappa shape index (κ1) is 15.9. The molecule has 20 heavy (non-hydrogen) atoms. The van der Waals surface area contributed by atoms with Gasteiger partial charge in [0.05, 0.1) is 6.54 Å². The first-order valence-electron chi connectivity index (χ1n) is 6.12. The lowest BCUT2D eigenvalue weighted by Gasteiger charge is -2.20. The molecule has 0 saturated carbocycles. The predicted molar refractivity (Wildman–Crippen MR) is 68.9 cm³/mol. The molecule has 1 aromatic rings. The van der Waals surface area contributed by atoms with E-state index < -0.39 is 18.0 Å². The fraction of sp³-hybridized carbons (Fsp3) is 0.636. The molecule has 0 bridgehead atoms. The zero-order valence-corrected chi connectivity index (χ0v) is 11.5.